The van der Waals surface area contributed by atoms with Crippen LogP contribution in [0.15, 0.2) is 0 Å². The van der Waals surface area contributed by atoms with Crippen LogP contribution >= 0.6 is 11.8 Å². The highest BCUT2D eigenvalue weighted by atomic mass is 32.2. The molecule has 2 saturated heterocycles. The number of hydrogen-bond acceptors (Lipinski definition) is 13. The molecule has 4 N–H and O–H groups in total. The maximum Gasteiger partial charge on any atom is 0.315 e. The van der Waals surface area contributed by atoms with E-state index in [4.69, 9.17) is 47.7 Å². The van der Waals surface area contributed by atoms with Gasteiger partial charge in [-0.2, -0.15) is 11.8 Å². The summed E-state index contributed by atoms with van der Waals surface area (Å²) < 4.78 is 48.6. The fourth-order valence-electron chi connectivity index (χ4n) is 4.65. The Kier molecular flexibility index (Phi) is 26.5. The summed E-state index contributed by atoms with van der Waals surface area (Å²) in [6.07, 6.45) is 3.32. The van der Waals surface area contributed by atoms with Crippen LogP contribution in [0.1, 0.15) is 32.1 Å². The number of unbranched alkanes of at least 4 members (excludes halogenated alkanes) is 1. The number of hydrogen-bond donors (Lipinski definition) is 4. The van der Waals surface area contributed by atoms with Crippen molar-refractivity contribution in [3.63, 3.8) is 0 Å². The molecule has 0 spiro atoms. The number of amides is 3. The minimum absolute atomic E-state index is 0.00638. The summed E-state index contributed by atoms with van der Waals surface area (Å²) in [4.78, 5) is 33.8. The van der Waals surface area contributed by atoms with Gasteiger partial charge in [0.25, 0.3) is 0 Å². The van der Waals surface area contributed by atoms with Crippen molar-refractivity contribution in [1.29, 1.82) is 0 Å². The van der Waals surface area contributed by atoms with Crippen LogP contribution in [0, 0.1) is 0 Å². The van der Waals surface area contributed by atoms with Gasteiger partial charge in [-0.05, 0) is 12.8 Å². The van der Waals surface area contributed by atoms with Gasteiger partial charge in [0.15, 0.2) is 0 Å². The molecule has 0 aromatic rings. The molecule has 3 atom stereocenters. The largest absolute Gasteiger partial charge is 0.481 e. The number of carbonyl (C=O) groups excluding carboxylic acids is 2. The fourth-order valence-corrected chi connectivity index (χ4v) is 6.19. The van der Waals surface area contributed by atoms with Crippen molar-refractivity contribution in [3.8, 4) is 0 Å². The van der Waals surface area contributed by atoms with Crippen molar-refractivity contribution >= 4 is 29.7 Å². The number of fused-ring (bicyclic) bond motifs is 1. The molecule has 48 heavy (non-hydrogen) atoms. The van der Waals surface area contributed by atoms with Gasteiger partial charge in [-0.15, -0.1) is 0 Å². The second-order valence-electron chi connectivity index (χ2n) is 10.9. The first-order valence-electron chi connectivity index (χ1n) is 16.9. The van der Waals surface area contributed by atoms with E-state index in [0.717, 1.165) is 25.0 Å². The lowest BCUT2D eigenvalue weighted by Crippen LogP contribution is -2.36. The number of carboxylic acids is 1. The molecule has 2 aliphatic rings. The Morgan fingerprint density at radius 2 is 1.06 bits per heavy atom. The van der Waals surface area contributed by atoms with Crippen LogP contribution in [0.5, 0.6) is 0 Å². The quantitative estimate of drug-likeness (QED) is 0.0524. The third kappa shape index (κ3) is 23.5. The summed E-state index contributed by atoms with van der Waals surface area (Å²) in [5.74, 6) is 0.118. The van der Waals surface area contributed by atoms with Crippen LogP contribution in [0.3, 0.4) is 0 Å². The van der Waals surface area contributed by atoms with Gasteiger partial charge >= 0.3 is 12.0 Å². The number of rotatable bonds is 35. The Labute approximate surface area is 288 Å². The topological polar surface area (TPSA) is 191 Å². The summed E-state index contributed by atoms with van der Waals surface area (Å²) >= 11 is 1.90. The molecule has 0 radical (unpaired) electrons. The van der Waals surface area contributed by atoms with Gasteiger partial charge in [-0.1, -0.05) is 6.42 Å². The summed E-state index contributed by atoms with van der Waals surface area (Å²) in [7, 11) is 0. The van der Waals surface area contributed by atoms with Gasteiger partial charge in [0, 0.05) is 24.0 Å². The Bertz CT molecular complexity index is 833. The van der Waals surface area contributed by atoms with E-state index in [1.54, 1.807) is 0 Å². The molecule has 0 aromatic carbocycles. The zero-order chi connectivity index (χ0) is 34.3. The average molecular weight is 712 g/mol. The minimum Gasteiger partial charge on any atom is -0.481 e. The Morgan fingerprint density at radius 3 is 1.52 bits per heavy atom. The van der Waals surface area contributed by atoms with Crippen molar-refractivity contribution in [2.24, 2.45) is 0 Å². The van der Waals surface area contributed by atoms with Crippen LogP contribution in [-0.4, -0.2) is 172 Å². The zero-order valence-electron chi connectivity index (χ0n) is 28.2. The molecule has 0 aromatic heterocycles. The molecule has 3 amide bonds. The van der Waals surface area contributed by atoms with Crippen LogP contribution in [-0.2, 0) is 52.2 Å². The molecule has 16 nitrogen and oxygen atoms in total. The standard InChI is InChI=1S/C31H57N3O13S/c35-28(4-2-1-3-27-30-26(25-48-27)33-31(38)34-30)32-6-8-40-10-12-42-14-16-44-18-20-46-22-24-47-23-21-45-19-17-43-15-13-41-11-9-39-7-5-29(36)37/h26-27,30H,1-25H2,(H,32,35)(H,36,37)(H2,33,34,38)/t26-,27-,30-/m0/s1. The third-order valence-corrected chi connectivity index (χ3v) is 8.59. The van der Waals surface area contributed by atoms with Gasteiger partial charge < -0.3 is 63.7 Å². The van der Waals surface area contributed by atoms with Gasteiger partial charge in [-0.25, -0.2) is 4.79 Å². The molecule has 280 valence electrons. The number of aliphatic carboxylic acids is 1. The van der Waals surface area contributed by atoms with Crippen molar-refractivity contribution in [2.75, 3.05) is 131 Å². The summed E-state index contributed by atoms with van der Waals surface area (Å²) in [5.41, 5.74) is 0. The molecule has 17 heteroatoms. The van der Waals surface area contributed by atoms with Crippen molar-refractivity contribution in [2.45, 2.75) is 49.4 Å². The highest BCUT2D eigenvalue weighted by Crippen LogP contribution is 2.33. The van der Waals surface area contributed by atoms with Gasteiger partial charge in [0.05, 0.1) is 137 Å². The first-order chi connectivity index (χ1) is 23.6. The number of nitrogens with one attached hydrogen (secondary N) is 3. The number of urea groups is 1. The van der Waals surface area contributed by atoms with E-state index in [2.05, 4.69) is 16.0 Å². The van der Waals surface area contributed by atoms with Gasteiger partial charge in [-0.3, -0.25) is 9.59 Å². The van der Waals surface area contributed by atoms with E-state index < -0.39 is 5.97 Å². The summed E-state index contributed by atoms with van der Waals surface area (Å²) in [5, 5.41) is 17.8. The van der Waals surface area contributed by atoms with E-state index >= 15 is 0 Å². The summed E-state index contributed by atoms with van der Waals surface area (Å²) in [6, 6.07) is 0.400. The molecule has 0 saturated carbocycles. The molecule has 0 unspecified atom stereocenters. The SMILES string of the molecule is O=C(O)CCOCCOCCOCCOCCOCCOCCOCCOCCOCCNC(=O)CCCC[C@@H]1SC[C@@H]2NC(=O)N[C@@H]21. The maximum absolute atomic E-state index is 12.0. The van der Waals surface area contributed by atoms with Crippen LogP contribution in [0.2, 0.25) is 0 Å². The molecule has 2 heterocycles. The van der Waals surface area contributed by atoms with Crippen molar-refractivity contribution in [1.82, 2.24) is 16.0 Å². The van der Waals surface area contributed by atoms with Crippen LogP contribution in [0.4, 0.5) is 4.79 Å². The molecule has 2 fully saturated rings. The number of carbonyl (C=O) groups is 3. The van der Waals surface area contributed by atoms with E-state index in [0.29, 0.717) is 131 Å². The number of ether oxygens (including phenoxy) is 9. The molecular weight excluding hydrogens is 654 g/mol. The van der Waals surface area contributed by atoms with Crippen molar-refractivity contribution in [3.05, 3.63) is 0 Å². The molecule has 0 aliphatic carbocycles. The lowest BCUT2D eigenvalue weighted by atomic mass is 10.0. The van der Waals surface area contributed by atoms with E-state index in [1.807, 2.05) is 11.8 Å². The molecule has 2 rings (SSSR count). The third-order valence-electron chi connectivity index (χ3n) is 7.09. The predicted octanol–water partition coefficient (Wildman–Crippen LogP) is 0.453. The van der Waals surface area contributed by atoms with Crippen LogP contribution < -0.4 is 16.0 Å². The molecule has 0 bridgehead atoms. The first-order valence-corrected chi connectivity index (χ1v) is 18.0. The van der Waals surface area contributed by atoms with Gasteiger partial charge in [0.1, 0.15) is 0 Å². The lowest BCUT2D eigenvalue weighted by Gasteiger charge is -2.16. The van der Waals surface area contributed by atoms with E-state index in [-0.39, 0.29) is 37.0 Å². The first kappa shape index (κ1) is 42.4. The smallest absolute Gasteiger partial charge is 0.315 e. The van der Waals surface area contributed by atoms with E-state index in [9.17, 15) is 14.4 Å². The zero-order valence-corrected chi connectivity index (χ0v) is 29.0. The highest BCUT2D eigenvalue weighted by molar-refractivity contribution is 8.00. The number of thioether (sulfide) groups is 1. The second kappa shape index (κ2) is 30.1. The van der Waals surface area contributed by atoms with Crippen molar-refractivity contribution < 1.29 is 62.1 Å². The summed E-state index contributed by atoms with van der Waals surface area (Å²) in [6.45, 7) is 8.42. The average Bonchev–Trinajstić information content (AvgIpc) is 3.62. The Balaban J connectivity index is 1.17. The maximum atomic E-state index is 12.0. The van der Waals surface area contributed by atoms with E-state index in [1.165, 1.54) is 0 Å². The fraction of sp³-hybridized carbons (Fsp3) is 0.903. The highest BCUT2D eigenvalue weighted by Gasteiger charge is 2.42. The molecular formula is C31H57N3O13S. The second-order valence-corrected chi connectivity index (χ2v) is 12.1. The Hall–Kier alpha value is -1.80. The van der Waals surface area contributed by atoms with Crippen LogP contribution in [0.25, 0.3) is 0 Å². The Morgan fingerprint density at radius 1 is 0.625 bits per heavy atom. The monoisotopic (exact) mass is 711 g/mol. The number of carboxylic acid groups (broad SMARTS) is 1. The lowest BCUT2D eigenvalue weighted by molar-refractivity contribution is -0.138. The minimum atomic E-state index is -0.878. The van der Waals surface area contributed by atoms with Gasteiger partial charge in [0.2, 0.25) is 5.91 Å². The predicted molar refractivity (Wildman–Crippen MR) is 177 cm³/mol. The molecule has 2 aliphatic heterocycles. The normalized spacial score (nSPS) is 18.5.